The van der Waals surface area contributed by atoms with Crippen LogP contribution in [0, 0.1) is 0 Å². The number of carbonyl (C=O) groups is 1. The first-order chi connectivity index (χ1) is 10.2. The number of carboxylic acid groups (broad SMARTS) is 1. The summed E-state index contributed by atoms with van der Waals surface area (Å²) in [6.07, 6.45) is -0.398. The summed E-state index contributed by atoms with van der Waals surface area (Å²) < 4.78 is 6.48. The first-order valence-electron chi connectivity index (χ1n) is 6.64. The molecule has 0 amide bonds. The summed E-state index contributed by atoms with van der Waals surface area (Å²) >= 11 is 0. The zero-order valence-corrected chi connectivity index (χ0v) is 11.6. The van der Waals surface area contributed by atoms with Crippen molar-refractivity contribution in [3.05, 3.63) is 65.9 Å². The highest BCUT2D eigenvalue weighted by Gasteiger charge is 2.14. The van der Waals surface area contributed by atoms with Crippen LogP contribution in [0.3, 0.4) is 0 Å². The van der Waals surface area contributed by atoms with Crippen molar-refractivity contribution >= 4 is 17.0 Å². The normalized spacial score (nSPS) is 10.7. The molecule has 2 aromatic carbocycles. The van der Waals surface area contributed by atoms with Gasteiger partial charge in [0.2, 0.25) is 0 Å². The second kappa shape index (κ2) is 5.32. The first kappa shape index (κ1) is 13.2. The number of hydrogen-bond acceptors (Lipinski definition) is 2. The lowest BCUT2D eigenvalue weighted by Crippen LogP contribution is -2.11. The third-order valence-corrected chi connectivity index (χ3v) is 3.52. The standard InChI is InChI=1S/C17H15NO3/c1-21-15-8-6-12(7-9-15)10-14-11-13-4-2-3-5-16(13)18(14)17(19)20/h2-9,11H,10H2,1H3,(H,19,20). The molecule has 0 saturated heterocycles. The molecule has 0 aliphatic carbocycles. The average molecular weight is 281 g/mol. The van der Waals surface area contributed by atoms with Gasteiger partial charge in [0.25, 0.3) is 0 Å². The number of fused-ring (bicyclic) bond motifs is 1. The van der Waals surface area contributed by atoms with Crippen LogP contribution in [0.15, 0.2) is 54.6 Å². The van der Waals surface area contributed by atoms with Gasteiger partial charge < -0.3 is 9.84 Å². The van der Waals surface area contributed by atoms with Gasteiger partial charge in [-0.3, -0.25) is 0 Å². The van der Waals surface area contributed by atoms with E-state index in [0.29, 0.717) is 11.9 Å². The van der Waals surface area contributed by atoms with E-state index >= 15 is 0 Å². The maximum Gasteiger partial charge on any atom is 0.416 e. The topological polar surface area (TPSA) is 51.5 Å². The summed E-state index contributed by atoms with van der Waals surface area (Å²) in [7, 11) is 1.62. The van der Waals surface area contributed by atoms with Crippen LogP contribution in [0.4, 0.5) is 4.79 Å². The van der Waals surface area contributed by atoms with Crippen LogP contribution in [0.1, 0.15) is 11.3 Å². The number of benzene rings is 2. The zero-order chi connectivity index (χ0) is 14.8. The van der Waals surface area contributed by atoms with Crippen molar-refractivity contribution in [2.24, 2.45) is 0 Å². The van der Waals surface area contributed by atoms with E-state index in [2.05, 4.69) is 0 Å². The molecule has 1 heterocycles. The molecule has 0 fully saturated rings. The highest BCUT2D eigenvalue weighted by Crippen LogP contribution is 2.22. The van der Waals surface area contributed by atoms with E-state index in [4.69, 9.17) is 4.74 Å². The predicted molar refractivity (Wildman–Crippen MR) is 81.2 cm³/mol. The monoisotopic (exact) mass is 281 g/mol. The van der Waals surface area contributed by atoms with Gasteiger partial charge in [0.1, 0.15) is 5.75 Å². The lowest BCUT2D eigenvalue weighted by molar-refractivity contribution is 0.197. The van der Waals surface area contributed by atoms with Crippen LogP contribution in [0.25, 0.3) is 10.9 Å². The van der Waals surface area contributed by atoms with E-state index < -0.39 is 6.09 Å². The molecule has 4 heteroatoms. The van der Waals surface area contributed by atoms with Crippen molar-refractivity contribution in [2.45, 2.75) is 6.42 Å². The minimum atomic E-state index is -0.959. The lowest BCUT2D eigenvalue weighted by Gasteiger charge is -2.06. The molecule has 0 saturated carbocycles. The van der Waals surface area contributed by atoms with Crippen LogP contribution < -0.4 is 4.74 Å². The first-order valence-corrected chi connectivity index (χ1v) is 6.64. The molecule has 0 aliphatic heterocycles. The van der Waals surface area contributed by atoms with Crippen molar-refractivity contribution in [3.63, 3.8) is 0 Å². The lowest BCUT2D eigenvalue weighted by atomic mass is 10.1. The third kappa shape index (κ3) is 2.48. The quantitative estimate of drug-likeness (QED) is 0.795. The molecule has 0 aliphatic rings. The van der Waals surface area contributed by atoms with E-state index in [0.717, 1.165) is 22.4 Å². The molecule has 0 spiro atoms. The van der Waals surface area contributed by atoms with Gasteiger partial charge in [-0.05, 0) is 29.8 Å². The van der Waals surface area contributed by atoms with Gasteiger partial charge in [0.15, 0.2) is 0 Å². The number of hydrogen-bond donors (Lipinski definition) is 1. The summed E-state index contributed by atoms with van der Waals surface area (Å²) in [6.45, 7) is 0. The largest absolute Gasteiger partial charge is 0.497 e. The third-order valence-electron chi connectivity index (χ3n) is 3.52. The van der Waals surface area contributed by atoms with Crippen LogP contribution in [-0.4, -0.2) is 22.9 Å². The molecule has 0 unspecified atom stereocenters. The Balaban J connectivity index is 2.02. The molecule has 0 bridgehead atoms. The minimum Gasteiger partial charge on any atom is -0.497 e. The van der Waals surface area contributed by atoms with Crippen LogP contribution in [0.5, 0.6) is 5.75 Å². The van der Waals surface area contributed by atoms with E-state index in [1.54, 1.807) is 7.11 Å². The molecule has 3 rings (SSSR count). The minimum absolute atomic E-state index is 0.560. The Morgan fingerprint density at radius 1 is 1.14 bits per heavy atom. The summed E-state index contributed by atoms with van der Waals surface area (Å²) in [5, 5.41) is 10.4. The highest BCUT2D eigenvalue weighted by molar-refractivity contribution is 5.90. The smallest absolute Gasteiger partial charge is 0.416 e. The average Bonchev–Trinajstić information content (AvgIpc) is 2.86. The van der Waals surface area contributed by atoms with Crippen LogP contribution in [-0.2, 0) is 6.42 Å². The van der Waals surface area contributed by atoms with Gasteiger partial charge in [-0.15, -0.1) is 0 Å². The number of methoxy groups -OCH3 is 1. The van der Waals surface area contributed by atoms with Gasteiger partial charge in [0.05, 0.1) is 12.6 Å². The van der Waals surface area contributed by atoms with Crippen molar-refractivity contribution in [1.82, 2.24) is 4.57 Å². The summed E-state index contributed by atoms with van der Waals surface area (Å²) in [4.78, 5) is 11.5. The van der Waals surface area contributed by atoms with Crippen LogP contribution >= 0.6 is 0 Å². The Labute approximate surface area is 122 Å². The number of para-hydroxylation sites is 1. The second-order valence-corrected chi connectivity index (χ2v) is 4.84. The van der Waals surface area contributed by atoms with Crippen LogP contribution in [0.2, 0.25) is 0 Å². The van der Waals surface area contributed by atoms with Crippen molar-refractivity contribution in [1.29, 1.82) is 0 Å². The number of rotatable bonds is 3. The van der Waals surface area contributed by atoms with Gasteiger partial charge in [-0.25, -0.2) is 9.36 Å². The molecule has 21 heavy (non-hydrogen) atoms. The van der Waals surface area contributed by atoms with Crippen molar-refractivity contribution < 1.29 is 14.6 Å². The molecule has 1 aromatic heterocycles. The predicted octanol–water partition coefficient (Wildman–Crippen LogP) is 3.77. The Morgan fingerprint density at radius 3 is 2.52 bits per heavy atom. The summed E-state index contributed by atoms with van der Waals surface area (Å²) in [6, 6.07) is 17.1. The summed E-state index contributed by atoms with van der Waals surface area (Å²) in [5.41, 5.74) is 2.52. The summed E-state index contributed by atoms with van der Waals surface area (Å²) in [5.74, 6) is 0.789. The SMILES string of the molecule is COc1ccc(Cc2cc3ccccc3n2C(=O)O)cc1. The molecule has 1 N–H and O–H groups in total. The number of aromatic nitrogens is 1. The fraction of sp³-hybridized carbons (Fsp3) is 0.118. The number of nitrogens with zero attached hydrogens (tertiary/aromatic N) is 1. The maximum absolute atomic E-state index is 11.5. The molecular weight excluding hydrogens is 266 g/mol. The van der Waals surface area contributed by atoms with Gasteiger partial charge in [-0.1, -0.05) is 30.3 Å². The second-order valence-electron chi connectivity index (χ2n) is 4.84. The van der Waals surface area contributed by atoms with E-state index in [9.17, 15) is 9.90 Å². The highest BCUT2D eigenvalue weighted by atomic mass is 16.5. The van der Waals surface area contributed by atoms with Gasteiger partial charge in [-0.2, -0.15) is 0 Å². The Morgan fingerprint density at radius 2 is 1.86 bits per heavy atom. The van der Waals surface area contributed by atoms with Gasteiger partial charge in [0, 0.05) is 17.5 Å². The number of ether oxygens (including phenoxy) is 1. The molecule has 3 aromatic rings. The van der Waals surface area contributed by atoms with E-state index in [1.165, 1.54) is 4.57 Å². The Bertz CT molecular complexity index is 787. The van der Waals surface area contributed by atoms with E-state index in [-0.39, 0.29) is 0 Å². The molecule has 0 radical (unpaired) electrons. The van der Waals surface area contributed by atoms with Crippen molar-refractivity contribution in [2.75, 3.05) is 7.11 Å². The molecule has 106 valence electrons. The Hall–Kier alpha value is -2.75. The Kier molecular flexibility index (Phi) is 3.36. The molecule has 0 atom stereocenters. The fourth-order valence-electron chi connectivity index (χ4n) is 2.52. The van der Waals surface area contributed by atoms with Gasteiger partial charge >= 0.3 is 6.09 Å². The zero-order valence-electron chi connectivity index (χ0n) is 11.6. The maximum atomic E-state index is 11.5. The molecule has 4 nitrogen and oxygen atoms in total. The molecular formula is C17H15NO3. The van der Waals surface area contributed by atoms with Crippen molar-refractivity contribution in [3.8, 4) is 5.75 Å². The fourth-order valence-corrected chi connectivity index (χ4v) is 2.52. The van der Waals surface area contributed by atoms with E-state index in [1.807, 2.05) is 54.6 Å².